The maximum absolute atomic E-state index is 13.2. The van der Waals surface area contributed by atoms with E-state index in [0.29, 0.717) is 12.5 Å². The molecule has 3 unspecified atom stereocenters. The van der Waals surface area contributed by atoms with Gasteiger partial charge in [-0.15, -0.1) is 0 Å². The van der Waals surface area contributed by atoms with Gasteiger partial charge < -0.3 is 14.8 Å². The molecule has 1 aliphatic carbocycles. The normalized spacial score (nSPS) is 25.5. The van der Waals surface area contributed by atoms with Crippen molar-refractivity contribution in [1.29, 1.82) is 0 Å². The Labute approximate surface area is 120 Å². The van der Waals surface area contributed by atoms with Crippen LogP contribution in [-0.4, -0.2) is 31.9 Å². The fraction of sp³-hybridized carbons (Fsp3) is 0.571. The third kappa shape index (κ3) is 3.47. The summed E-state index contributed by atoms with van der Waals surface area (Å²) in [7, 11) is 1.52. The highest BCUT2D eigenvalue weighted by Crippen LogP contribution is 2.35. The molecule has 21 heavy (non-hydrogen) atoms. The average molecular weight is 307 g/mol. The van der Waals surface area contributed by atoms with Crippen LogP contribution in [0.15, 0.2) is 18.2 Å². The first-order chi connectivity index (χ1) is 9.86. The predicted octanol–water partition coefficient (Wildman–Crippen LogP) is 2.99. The maximum atomic E-state index is 13.2. The molecular weight excluding hydrogens is 290 g/mol. The molecule has 3 nitrogen and oxygen atoms in total. The lowest BCUT2D eigenvalue weighted by atomic mass is 9.85. The summed E-state index contributed by atoms with van der Waals surface area (Å²) in [6.45, 7) is 2.72. The lowest BCUT2D eigenvalue weighted by Gasteiger charge is -2.43. The van der Waals surface area contributed by atoms with Crippen molar-refractivity contribution in [1.82, 2.24) is 5.32 Å². The highest BCUT2D eigenvalue weighted by atomic mass is 19.4. The number of hydrogen-bond acceptors (Lipinski definition) is 3. The van der Waals surface area contributed by atoms with Crippen LogP contribution >= 0.6 is 0 Å². The Morgan fingerprint density at radius 2 is 2.05 bits per heavy atom. The monoisotopic (exact) mass is 307 g/mol. The summed E-state index contributed by atoms with van der Waals surface area (Å²) in [5.74, 6) is -1.32. The number of likely N-dealkylation sites (N-methyl/N-ethyl adjacent to an activating group) is 1. The molecule has 3 atom stereocenters. The van der Waals surface area contributed by atoms with Crippen LogP contribution in [0.3, 0.4) is 0 Å². The Hall–Kier alpha value is -1.34. The molecule has 0 bridgehead atoms. The van der Waals surface area contributed by atoms with Crippen molar-refractivity contribution in [3.63, 3.8) is 0 Å². The van der Waals surface area contributed by atoms with Crippen LogP contribution in [-0.2, 0) is 10.9 Å². The van der Waals surface area contributed by atoms with Gasteiger partial charge in [-0.3, -0.25) is 0 Å². The lowest BCUT2D eigenvalue weighted by molar-refractivity contribution is -0.140. The highest BCUT2D eigenvalue weighted by molar-refractivity contribution is 5.32. The summed E-state index contributed by atoms with van der Waals surface area (Å²) in [5.41, 5.74) is -1.32. The molecule has 0 amide bonds. The van der Waals surface area contributed by atoms with E-state index in [0.717, 1.165) is 12.6 Å². The SMILES string of the molecule is CCNC1CC(Oc2ccc(F)c(C(F)(F)F)c2)C1OC. The molecule has 1 aromatic rings. The van der Waals surface area contributed by atoms with E-state index >= 15 is 0 Å². The van der Waals surface area contributed by atoms with Crippen molar-refractivity contribution in [2.75, 3.05) is 13.7 Å². The molecule has 1 aliphatic rings. The molecule has 1 N–H and O–H groups in total. The molecule has 0 aromatic heterocycles. The molecule has 2 rings (SSSR count). The first-order valence-corrected chi connectivity index (χ1v) is 6.66. The summed E-state index contributed by atoms with van der Waals surface area (Å²) < 4.78 is 61.9. The van der Waals surface area contributed by atoms with E-state index in [4.69, 9.17) is 9.47 Å². The van der Waals surface area contributed by atoms with Gasteiger partial charge in [0.2, 0.25) is 0 Å². The van der Waals surface area contributed by atoms with Crippen molar-refractivity contribution >= 4 is 0 Å². The summed E-state index contributed by atoms with van der Waals surface area (Å²) in [6, 6.07) is 2.76. The van der Waals surface area contributed by atoms with Gasteiger partial charge >= 0.3 is 6.18 Å². The van der Waals surface area contributed by atoms with Crippen LogP contribution in [0.4, 0.5) is 17.6 Å². The average Bonchev–Trinajstić information content (AvgIpc) is 2.38. The van der Waals surface area contributed by atoms with E-state index in [-0.39, 0.29) is 24.0 Å². The zero-order chi connectivity index (χ0) is 15.6. The molecule has 1 saturated carbocycles. The summed E-state index contributed by atoms with van der Waals surface area (Å²) in [5, 5.41) is 3.20. The molecule has 0 spiro atoms. The first-order valence-electron chi connectivity index (χ1n) is 6.66. The summed E-state index contributed by atoms with van der Waals surface area (Å²) >= 11 is 0. The molecule has 0 saturated heterocycles. The number of methoxy groups -OCH3 is 1. The van der Waals surface area contributed by atoms with E-state index < -0.39 is 17.6 Å². The van der Waals surface area contributed by atoms with Crippen LogP contribution in [0.5, 0.6) is 5.75 Å². The number of rotatable bonds is 5. The van der Waals surface area contributed by atoms with Crippen molar-refractivity contribution < 1.29 is 27.0 Å². The van der Waals surface area contributed by atoms with Gasteiger partial charge in [0.15, 0.2) is 0 Å². The third-order valence-corrected chi connectivity index (χ3v) is 3.52. The minimum atomic E-state index is -4.74. The zero-order valence-electron chi connectivity index (χ0n) is 11.7. The van der Waals surface area contributed by atoms with Crippen molar-refractivity contribution in [3.05, 3.63) is 29.6 Å². The second kappa shape index (κ2) is 6.19. The Morgan fingerprint density at radius 3 is 2.62 bits per heavy atom. The largest absolute Gasteiger partial charge is 0.488 e. The first kappa shape index (κ1) is 16.0. The minimum Gasteiger partial charge on any atom is -0.488 e. The van der Waals surface area contributed by atoms with Crippen LogP contribution in [0, 0.1) is 5.82 Å². The molecular formula is C14H17F4NO2. The van der Waals surface area contributed by atoms with Gasteiger partial charge in [-0.1, -0.05) is 6.92 Å². The Kier molecular flexibility index (Phi) is 4.73. The van der Waals surface area contributed by atoms with Gasteiger partial charge in [0.25, 0.3) is 0 Å². The molecule has 118 valence electrons. The molecule has 1 aromatic carbocycles. The van der Waals surface area contributed by atoms with Crippen molar-refractivity contribution in [2.45, 2.75) is 37.8 Å². The second-order valence-electron chi connectivity index (χ2n) is 4.90. The molecule has 0 radical (unpaired) electrons. The third-order valence-electron chi connectivity index (χ3n) is 3.52. The zero-order valence-corrected chi connectivity index (χ0v) is 11.7. The van der Waals surface area contributed by atoms with E-state index in [9.17, 15) is 17.6 Å². The van der Waals surface area contributed by atoms with Gasteiger partial charge in [0.1, 0.15) is 23.8 Å². The Bertz CT molecular complexity index is 492. The number of nitrogens with one attached hydrogen (secondary N) is 1. The fourth-order valence-electron chi connectivity index (χ4n) is 2.44. The number of halogens is 4. The van der Waals surface area contributed by atoms with Crippen LogP contribution in [0.1, 0.15) is 18.9 Å². The quantitative estimate of drug-likeness (QED) is 0.848. The van der Waals surface area contributed by atoms with Crippen molar-refractivity contribution in [2.24, 2.45) is 0 Å². The van der Waals surface area contributed by atoms with Crippen LogP contribution in [0.2, 0.25) is 0 Å². The molecule has 0 heterocycles. The van der Waals surface area contributed by atoms with Gasteiger partial charge in [-0.2, -0.15) is 13.2 Å². The van der Waals surface area contributed by atoms with E-state index in [1.165, 1.54) is 13.2 Å². The lowest BCUT2D eigenvalue weighted by Crippen LogP contribution is -2.60. The number of benzene rings is 1. The van der Waals surface area contributed by atoms with Gasteiger partial charge in [0.05, 0.1) is 5.56 Å². The van der Waals surface area contributed by atoms with Gasteiger partial charge in [-0.05, 0) is 24.7 Å². The Morgan fingerprint density at radius 1 is 1.33 bits per heavy atom. The van der Waals surface area contributed by atoms with Crippen LogP contribution < -0.4 is 10.1 Å². The Balaban J connectivity index is 2.07. The fourth-order valence-corrected chi connectivity index (χ4v) is 2.44. The van der Waals surface area contributed by atoms with Gasteiger partial charge in [-0.25, -0.2) is 4.39 Å². The summed E-state index contributed by atoms with van der Waals surface area (Å²) in [4.78, 5) is 0. The number of alkyl halides is 3. The van der Waals surface area contributed by atoms with E-state index in [1.807, 2.05) is 6.92 Å². The van der Waals surface area contributed by atoms with E-state index in [1.54, 1.807) is 0 Å². The standard InChI is InChI=1S/C14H17F4NO2/c1-3-19-11-7-12(13(11)20-2)21-8-4-5-10(15)9(6-8)14(16,17)18/h4-6,11-13,19H,3,7H2,1-2H3. The second-order valence-corrected chi connectivity index (χ2v) is 4.90. The molecule has 0 aliphatic heterocycles. The van der Waals surface area contributed by atoms with Crippen molar-refractivity contribution in [3.8, 4) is 5.75 Å². The topological polar surface area (TPSA) is 30.5 Å². The number of hydrogen-bond donors (Lipinski definition) is 1. The number of ether oxygens (including phenoxy) is 2. The van der Waals surface area contributed by atoms with Gasteiger partial charge in [0, 0.05) is 19.6 Å². The smallest absolute Gasteiger partial charge is 0.419 e. The predicted molar refractivity (Wildman–Crippen MR) is 68.7 cm³/mol. The minimum absolute atomic E-state index is 0.00859. The van der Waals surface area contributed by atoms with Crippen LogP contribution in [0.25, 0.3) is 0 Å². The van der Waals surface area contributed by atoms with E-state index in [2.05, 4.69) is 5.32 Å². The maximum Gasteiger partial charge on any atom is 0.419 e. The molecule has 1 fully saturated rings. The molecule has 7 heteroatoms. The highest BCUT2D eigenvalue weighted by Gasteiger charge is 2.43. The summed E-state index contributed by atoms with van der Waals surface area (Å²) in [6.07, 6.45) is -4.68.